The van der Waals surface area contributed by atoms with E-state index < -0.39 is 11.7 Å². The van der Waals surface area contributed by atoms with Crippen LogP contribution < -0.4 is 5.48 Å². The van der Waals surface area contributed by atoms with Crippen molar-refractivity contribution in [1.29, 1.82) is 0 Å². The third kappa shape index (κ3) is 2.83. The molecule has 0 fully saturated rings. The first-order chi connectivity index (χ1) is 6.63. The zero-order valence-corrected chi connectivity index (χ0v) is 7.75. The van der Waals surface area contributed by atoms with Gasteiger partial charge in [-0.05, 0) is 23.8 Å². The van der Waals surface area contributed by atoms with Crippen LogP contribution in [0.15, 0.2) is 24.3 Å². The Bertz CT molecular complexity index is 379. The average Bonchev–Trinajstić information content (AvgIpc) is 2.16. The van der Waals surface area contributed by atoms with Crippen LogP contribution in [-0.4, -0.2) is 11.1 Å². The second kappa shape index (κ2) is 4.74. The van der Waals surface area contributed by atoms with Crippen molar-refractivity contribution < 1.29 is 14.4 Å². The van der Waals surface area contributed by atoms with Crippen LogP contribution in [0.5, 0.6) is 0 Å². The summed E-state index contributed by atoms with van der Waals surface area (Å²) in [6, 6.07) is 3.79. The summed E-state index contributed by atoms with van der Waals surface area (Å²) in [5, 5.41) is 8.38. The van der Waals surface area contributed by atoms with Gasteiger partial charge in [0.1, 0.15) is 5.82 Å². The molecular formula is C9H7ClFNO2. The summed E-state index contributed by atoms with van der Waals surface area (Å²) in [6.45, 7) is 0. The lowest BCUT2D eigenvalue weighted by Gasteiger charge is -1.97. The molecule has 0 saturated carbocycles. The van der Waals surface area contributed by atoms with Gasteiger partial charge in [-0.1, -0.05) is 17.7 Å². The number of amides is 1. The first kappa shape index (κ1) is 10.7. The van der Waals surface area contributed by atoms with Crippen LogP contribution >= 0.6 is 11.6 Å². The predicted molar refractivity (Wildman–Crippen MR) is 50.4 cm³/mol. The van der Waals surface area contributed by atoms with Gasteiger partial charge in [0.25, 0.3) is 5.91 Å². The number of halogens is 2. The lowest BCUT2D eigenvalue weighted by molar-refractivity contribution is -0.124. The zero-order valence-electron chi connectivity index (χ0n) is 7.00. The summed E-state index contributed by atoms with van der Waals surface area (Å²) in [6.07, 6.45) is 2.45. The minimum absolute atomic E-state index is 0.201. The van der Waals surface area contributed by atoms with Crippen LogP contribution in [0, 0.1) is 5.82 Å². The minimum Gasteiger partial charge on any atom is -0.288 e. The van der Waals surface area contributed by atoms with Crippen molar-refractivity contribution in [3.05, 3.63) is 40.7 Å². The Kier molecular flexibility index (Phi) is 3.62. The maximum Gasteiger partial charge on any atom is 0.267 e. The first-order valence-corrected chi connectivity index (χ1v) is 4.08. The van der Waals surface area contributed by atoms with Gasteiger partial charge in [-0.2, -0.15) is 0 Å². The molecule has 5 heteroatoms. The zero-order chi connectivity index (χ0) is 10.6. The van der Waals surface area contributed by atoms with Crippen LogP contribution in [0.1, 0.15) is 5.56 Å². The number of benzene rings is 1. The van der Waals surface area contributed by atoms with Crippen LogP contribution in [0.3, 0.4) is 0 Å². The maximum atomic E-state index is 12.6. The molecule has 74 valence electrons. The molecule has 0 aromatic heterocycles. The second-order valence-corrected chi connectivity index (χ2v) is 2.88. The lowest BCUT2D eigenvalue weighted by atomic mass is 10.2. The third-order valence-electron chi connectivity index (χ3n) is 1.49. The fourth-order valence-corrected chi connectivity index (χ4v) is 1.07. The van der Waals surface area contributed by atoms with E-state index in [0.29, 0.717) is 5.56 Å². The van der Waals surface area contributed by atoms with Crippen molar-refractivity contribution in [3.63, 3.8) is 0 Å². The Morgan fingerprint density at radius 3 is 2.86 bits per heavy atom. The van der Waals surface area contributed by atoms with Gasteiger partial charge in [-0.15, -0.1) is 0 Å². The molecule has 0 heterocycles. The van der Waals surface area contributed by atoms with Crippen molar-refractivity contribution in [2.45, 2.75) is 0 Å². The van der Waals surface area contributed by atoms with Crippen LogP contribution in [0.25, 0.3) is 6.08 Å². The summed E-state index contributed by atoms with van der Waals surface area (Å²) in [4.78, 5) is 10.6. The highest BCUT2D eigenvalue weighted by Crippen LogP contribution is 2.18. The van der Waals surface area contributed by atoms with Gasteiger partial charge in [-0.3, -0.25) is 10.0 Å². The molecular weight excluding hydrogens is 209 g/mol. The molecule has 0 aliphatic heterocycles. The Morgan fingerprint density at radius 1 is 1.57 bits per heavy atom. The normalized spacial score (nSPS) is 10.5. The second-order valence-electron chi connectivity index (χ2n) is 2.48. The average molecular weight is 216 g/mol. The monoisotopic (exact) mass is 215 g/mol. The lowest BCUT2D eigenvalue weighted by Crippen LogP contribution is -2.14. The van der Waals surface area contributed by atoms with E-state index in [0.717, 1.165) is 12.1 Å². The van der Waals surface area contributed by atoms with Crippen LogP contribution in [0.2, 0.25) is 5.02 Å². The van der Waals surface area contributed by atoms with E-state index in [9.17, 15) is 9.18 Å². The molecule has 14 heavy (non-hydrogen) atoms. The van der Waals surface area contributed by atoms with E-state index >= 15 is 0 Å². The van der Waals surface area contributed by atoms with E-state index in [-0.39, 0.29) is 5.02 Å². The molecule has 0 aliphatic carbocycles. The smallest absolute Gasteiger partial charge is 0.267 e. The molecule has 1 amide bonds. The molecule has 1 rings (SSSR count). The highest BCUT2D eigenvalue weighted by molar-refractivity contribution is 6.32. The number of hydroxylamine groups is 1. The number of carbonyl (C=O) groups is 1. The van der Waals surface area contributed by atoms with Gasteiger partial charge in [-0.25, -0.2) is 9.87 Å². The largest absolute Gasteiger partial charge is 0.288 e. The number of hydrogen-bond donors (Lipinski definition) is 2. The molecule has 0 bridgehead atoms. The molecule has 2 N–H and O–H groups in total. The fourth-order valence-electron chi connectivity index (χ4n) is 0.839. The molecule has 0 unspecified atom stereocenters. The van der Waals surface area contributed by atoms with Crippen molar-refractivity contribution in [2.24, 2.45) is 0 Å². The number of rotatable bonds is 2. The number of hydrogen-bond acceptors (Lipinski definition) is 2. The summed E-state index contributed by atoms with van der Waals surface area (Å²) in [5.74, 6) is -1.12. The molecule has 0 spiro atoms. The van der Waals surface area contributed by atoms with Crippen LogP contribution in [0.4, 0.5) is 4.39 Å². The van der Waals surface area contributed by atoms with Crippen LogP contribution in [-0.2, 0) is 4.79 Å². The van der Waals surface area contributed by atoms with Gasteiger partial charge in [0.2, 0.25) is 0 Å². The Hall–Kier alpha value is -1.39. The van der Waals surface area contributed by atoms with Gasteiger partial charge < -0.3 is 0 Å². The molecule has 3 nitrogen and oxygen atoms in total. The summed E-state index contributed by atoms with van der Waals surface area (Å²) < 4.78 is 12.6. The van der Waals surface area contributed by atoms with Gasteiger partial charge >= 0.3 is 0 Å². The Morgan fingerprint density at radius 2 is 2.29 bits per heavy atom. The Balaban J connectivity index is 2.87. The first-order valence-electron chi connectivity index (χ1n) is 3.70. The molecule has 0 saturated heterocycles. The molecule has 0 aliphatic rings. The van der Waals surface area contributed by atoms with Crippen molar-refractivity contribution in [2.75, 3.05) is 0 Å². The fraction of sp³-hybridized carbons (Fsp3) is 0. The Labute approximate surface area is 84.8 Å². The molecule has 0 atom stereocenters. The highest BCUT2D eigenvalue weighted by atomic mass is 35.5. The quantitative estimate of drug-likeness (QED) is 0.450. The number of carbonyl (C=O) groups excluding carboxylic acids is 1. The topological polar surface area (TPSA) is 49.3 Å². The van der Waals surface area contributed by atoms with Crippen molar-refractivity contribution in [3.8, 4) is 0 Å². The van der Waals surface area contributed by atoms with Gasteiger partial charge in [0.15, 0.2) is 0 Å². The van der Waals surface area contributed by atoms with E-state index in [4.69, 9.17) is 16.8 Å². The van der Waals surface area contributed by atoms with Gasteiger partial charge in [0.05, 0.1) is 5.02 Å². The van der Waals surface area contributed by atoms with Crippen molar-refractivity contribution >= 4 is 23.6 Å². The van der Waals surface area contributed by atoms with E-state index in [2.05, 4.69) is 0 Å². The molecule has 1 aromatic carbocycles. The van der Waals surface area contributed by atoms with E-state index in [1.54, 1.807) is 0 Å². The standard InChI is InChI=1S/C9H7ClFNO2/c10-8-5-7(11)3-1-6(8)2-4-9(13)12-14/h1-5,14H,(H,12,13). The molecule has 1 aromatic rings. The summed E-state index contributed by atoms with van der Waals surface area (Å²) in [7, 11) is 0. The van der Waals surface area contributed by atoms with Crippen molar-refractivity contribution in [1.82, 2.24) is 5.48 Å². The number of nitrogens with one attached hydrogen (secondary N) is 1. The van der Waals surface area contributed by atoms with E-state index in [1.807, 2.05) is 0 Å². The summed E-state index contributed by atoms with van der Waals surface area (Å²) >= 11 is 5.67. The maximum absolute atomic E-state index is 12.6. The third-order valence-corrected chi connectivity index (χ3v) is 1.81. The predicted octanol–water partition coefficient (Wildman–Crippen LogP) is 2.00. The minimum atomic E-state index is -0.676. The summed E-state index contributed by atoms with van der Waals surface area (Å²) in [5.41, 5.74) is 1.92. The van der Waals surface area contributed by atoms with Gasteiger partial charge in [0, 0.05) is 6.08 Å². The highest BCUT2D eigenvalue weighted by Gasteiger charge is 1.98. The SMILES string of the molecule is O=C(C=Cc1ccc(F)cc1Cl)NO. The molecule has 0 radical (unpaired) electrons. The van der Waals surface area contributed by atoms with E-state index in [1.165, 1.54) is 23.7 Å².